The molecule has 120 valence electrons. The highest BCUT2D eigenvalue weighted by Crippen LogP contribution is 2.32. The van der Waals surface area contributed by atoms with E-state index in [2.05, 4.69) is 15.5 Å². The monoisotopic (exact) mass is 315 g/mol. The average Bonchev–Trinajstić information content (AvgIpc) is 3.02. The van der Waals surface area contributed by atoms with Crippen LogP contribution in [0.4, 0.5) is 10.1 Å². The Morgan fingerprint density at radius 1 is 1.30 bits per heavy atom. The van der Waals surface area contributed by atoms with Gasteiger partial charge in [0.2, 0.25) is 5.88 Å². The molecule has 1 N–H and O–H groups in total. The molecule has 3 aromatic rings. The first-order valence-electron chi connectivity index (χ1n) is 7.21. The van der Waals surface area contributed by atoms with Gasteiger partial charge in [-0.2, -0.15) is 10.2 Å². The number of ether oxygens (including phenoxy) is 1. The van der Waals surface area contributed by atoms with Crippen LogP contribution in [0, 0.1) is 12.7 Å². The van der Waals surface area contributed by atoms with Crippen LogP contribution in [0.5, 0.6) is 11.6 Å². The van der Waals surface area contributed by atoms with Crippen LogP contribution in [0.2, 0.25) is 0 Å². The number of rotatable bonds is 5. The number of aromatic nitrogens is 4. The number of nitrogens with zero attached hydrogens (tertiary/aromatic N) is 4. The molecular weight excluding hydrogens is 297 g/mol. The average molecular weight is 315 g/mol. The van der Waals surface area contributed by atoms with E-state index in [9.17, 15) is 4.39 Å². The maximum atomic E-state index is 13.3. The summed E-state index contributed by atoms with van der Waals surface area (Å²) in [5.41, 5.74) is 2.64. The lowest BCUT2D eigenvalue weighted by atomic mass is 10.3. The summed E-state index contributed by atoms with van der Waals surface area (Å²) in [4.78, 5) is 0. The third-order valence-electron chi connectivity index (χ3n) is 3.41. The number of benzene rings is 1. The van der Waals surface area contributed by atoms with E-state index >= 15 is 0 Å². The van der Waals surface area contributed by atoms with Crippen LogP contribution in [-0.2, 0) is 20.6 Å². The molecule has 6 nitrogen and oxygen atoms in total. The van der Waals surface area contributed by atoms with Gasteiger partial charge in [-0.25, -0.2) is 9.07 Å². The zero-order valence-electron chi connectivity index (χ0n) is 13.2. The van der Waals surface area contributed by atoms with Gasteiger partial charge in [-0.15, -0.1) is 0 Å². The minimum absolute atomic E-state index is 0.341. The van der Waals surface area contributed by atoms with Gasteiger partial charge in [-0.1, -0.05) is 6.07 Å². The lowest BCUT2D eigenvalue weighted by Crippen LogP contribution is -2.02. The number of nitrogens with one attached hydrogen (secondary N) is 1. The fourth-order valence-electron chi connectivity index (χ4n) is 2.35. The summed E-state index contributed by atoms with van der Waals surface area (Å²) in [5.74, 6) is 0.626. The van der Waals surface area contributed by atoms with Crippen molar-refractivity contribution >= 4 is 5.69 Å². The van der Waals surface area contributed by atoms with Gasteiger partial charge in [0.1, 0.15) is 17.3 Å². The summed E-state index contributed by atoms with van der Waals surface area (Å²) in [5, 5.41) is 11.8. The van der Waals surface area contributed by atoms with E-state index in [0.29, 0.717) is 18.2 Å². The molecule has 0 amide bonds. The van der Waals surface area contributed by atoms with Crippen molar-refractivity contribution in [3.63, 3.8) is 0 Å². The molecule has 0 radical (unpaired) electrons. The Hall–Kier alpha value is -2.83. The third kappa shape index (κ3) is 3.33. The molecule has 7 heteroatoms. The van der Waals surface area contributed by atoms with Gasteiger partial charge in [0.25, 0.3) is 0 Å². The van der Waals surface area contributed by atoms with Gasteiger partial charge >= 0.3 is 0 Å². The first-order valence-corrected chi connectivity index (χ1v) is 7.21. The summed E-state index contributed by atoms with van der Waals surface area (Å²) in [6, 6.07) is 6.03. The predicted octanol–water partition coefficient (Wildman–Crippen LogP) is 3.01. The Morgan fingerprint density at radius 2 is 2.13 bits per heavy atom. The normalized spacial score (nSPS) is 10.8. The summed E-state index contributed by atoms with van der Waals surface area (Å²) >= 11 is 0. The molecule has 0 atom stereocenters. The predicted molar refractivity (Wildman–Crippen MR) is 85.0 cm³/mol. The second kappa shape index (κ2) is 6.12. The van der Waals surface area contributed by atoms with E-state index in [0.717, 1.165) is 16.9 Å². The maximum Gasteiger partial charge on any atom is 0.241 e. The molecule has 0 fully saturated rings. The van der Waals surface area contributed by atoms with Crippen LogP contribution in [0.25, 0.3) is 0 Å². The van der Waals surface area contributed by atoms with Gasteiger partial charge in [-0.3, -0.25) is 4.68 Å². The van der Waals surface area contributed by atoms with Crippen molar-refractivity contribution in [2.45, 2.75) is 13.5 Å². The molecule has 1 aromatic carbocycles. The number of hydrogen-bond acceptors (Lipinski definition) is 4. The SMILES string of the molecule is Cc1nn(C)c(Oc2cccc(F)c2)c1NCc1cnn(C)c1. The molecule has 3 rings (SSSR count). The van der Waals surface area contributed by atoms with Crippen molar-refractivity contribution in [2.24, 2.45) is 14.1 Å². The minimum atomic E-state index is -0.341. The van der Waals surface area contributed by atoms with E-state index in [1.54, 1.807) is 34.7 Å². The zero-order valence-corrected chi connectivity index (χ0v) is 13.2. The first-order chi connectivity index (χ1) is 11.0. The van der Waals surface area contributed by atoms with Crippen molar-refractivity contribution in [1.29, 1.82) is 0 Å². The minimum Gasteiger partial charge on any atom is -0.437 e. The molecule has 0 unspecified atom stereocenters. The van der Waals surface area contributed by atoms with Gasteiger partial charge < -0.3 is 10.1 Å². The van der Waals surface area contributed by atoms with Crippen LogP contribution >= 0.6 is 0 Å². The zero-order chi connectivity index (χ0) is 16.4. The summed E-state index contributed by atoms with van der Waals surface area (Å²) in [6.45, 7) is 2.49. The molecule has 0 spiro atoms. The molecule has 0 saturated heterocycles. The Balaban J connectivity index is 1.82. The molecule has 0 aliphatic rings. The van der Waals surface area contributed by atoms with E-state index < -0.39 is 0 Å². The smallest absolute Gasteiger partial charge is 0.241 e. The largest absolute Gasteiger partial charge is 0.437 e. The van der Waals surface area contributed by atoms with Crippen molar-refractivity contribution < 1.29 is 9.13 Å². The number of anilines is 1. The molecule has 0 saturated carbocycles. The fourth-order valence-corrected chi connectivity index (χ4v) is 2.35. The fraction of sp³-hybridized carbons (Fsp3) is 0.250. The standard InChI is InChI=1S/C16H18FN5O/c1-11-15(18-8-12-9-19-21(2)10-12)16(22(3)20-11)23-14-6-4-5-13(17)7-14/h4-7,9-10,18H,8H2,1-3H3. The number of halogens is 1. The van der Waals surface area contributed by atoms with E-state index in [1.165, 1.54) is 12.1 Å². The summed E-state index contributed by atoms with van der Waals surface area (Å²) in [7, 11) is 3.66. The Kier molecular flexibility index (Phi) is 4.01. The molecular formula is C16H18FN5O. The highest BCUT2D eigenvalue weighted by molar-refractivity contribution is 5.58. The van der Waals surface area contributed by atoms with Crippen molar-refractivity contribution in [1.82, 2.24) is 19.6 Å². The quantitative estimate of drug-likeness (QED) is 0.786. The van der Waals surface area contributed by atoms with Gasteiger partial charge in [0.05, 0.1) is 11.9 Å². The molecule has 0 aliphatic heterocycles. The topological polar surface area (TPSA) is 56.9 Å². The van der Waals surface area contributed by atoms with Gasteiger partial charge in [0, 0.05) is 38.5 Å². The molecule has 0 bridgehead atoms. The molecule has 23 heavy (non-hydrogen) atoms. The van der Waals surface area contributed by atoms with E-state index in [-0.39, 0.29) is 5.82 Å². The van der Waals surface area contributed by atoms with Gasteiger partial charge in [-0.05, 0) is 19.1 Å². The van der Waals surface area contributed by atoms with Crippen LogP contribution in [0.1, 0.15) is 11.3 Å². The Morgan fingerprint density at radius 3 is 2.83 bits per heavy atom. The third-order valence-corrected chi connectivity index (χ3v) is 3.41. The lowest BCUT2D eigenvalue weighted by Gasteiger charge is -2.10. The highest BCUT2D eigenvalue weighted by atomic mass is 19.1. The van der Waals surface area contributed by atoms with Crippen LogP contribution in [0.15, 0.2) is 36.7 Å². The van der Waals surface area contributed by atoms with E-state index in [1.807, 2.05) is 20.2 Å². The Labute approximate surface area is 133 Å². The van der Waals surface area contributed by atoms with Gasteiger partial charge in [0.15, 0.2) is 0 Å². The van der Waals surface area contributed by atoms with Crippen molar-refractivity contribution in [3.05, 3.63) is 53.7 Å². The first kappa shape index (κ1) is 15.1. The van der Waals surface area contributed by atoms with Crippen LogP contribution in [-0.4, -0.2) is 19.6 Å². The molecule has 0 aliphatic carbocycles. The number of aryl methyl sites for hydroxylation is 3. The molecule has 2 heterocycles. The number of hydrogen-bond donors (Lipinski definition) is 1. The maximum absolute atomic E-state index is 13.3. The van der Waals surface area contributed by atoms with Crippen molar-refractivity contribution in [2.75, 3.05) is 5.32 Å². The second-order valence-corrected chi connectivity index (χ2v) is 5.32. The summed E-state index contributed by atoms with van der Waals surface area (Å²) in [6.07, 6.45) is 3.73. The van der Waals surface area contributed by atoms with Crippen LogP contribution in [0.3, 0.4) is 0 Å². The van der Waals surface area contributed by atoms with Crippen molar-refractivity contribution in [3.8, 4) is 11.6 Å². The Bertz CT molecular complexity index is 824. The van der Waals surface area contributed by atoms with Crippen LogP contribution < -0.4 is 10.1 Å². The molecule has 2 aromatic heterocycles. The van der Waals surface area contributed by atoms with E-state index in [4.69, 9.17) is 4.74 Å². The lowest BCUT2D eigenvalue weighted by molar-refractivity contribution is 0.428. The summed E-state index contributed by atoms with van der Waals surface area (Å²) < 4.78 is 22.5. The second-order valence-electron chi connectivity index (χ2n) is 5.32. The highest BCUT2D eigenvalue weighted by Gasteiger charge is 2.16.